The number of non-ortho nitro benzene ring substituents is 1. The van der Waals surface area contributed by atoms with E-state index in [2.05, 4.69) is 9.73 Å². The first kappa shape index (κ1) is 14.8. The third kappa shape index (κ3) is 4.17. The lowest BCUT2D eigenvalue weighted by atomic mass is 10.1. The monoisotopic (exact) mass is 264 g/mol. The van der Waals surface area contributed by atoms with Gasteiger partial charge in [0.05, 0.1) is 12.0 Å². The summed E-state index contributed by atoms with van der Waals surface area (Å²) in [5.74, 6) is -0.380. The van der Waals surface area contributed by atoms with Crippen molar-refractivity contribution in [3.05, 3.63) is 39.9 Å². The Morgan fingerprint density at radius 1 is 1.37 bits per heavy atom. The average molecular weight is 264 g/mol. The van der Waals surface area contributed by atoms with Gasteiger partial charge in [-0.25, -0.2) is 4.79 Å². The smallest absolute Gasteiger partial charge is 0.330 e. The van der Waals surface area contributed by atoms with E-state index in [1.54, 1.807) is 12.1 Å². The number of esters is 1. The number of nitro benzene ring substituents is 1. The topological polar surface area (TPSA) is 81.8 Å². The normalized spacial score (nSPS) is 12.6. The first-order valence-electron chi connectivity index (χ1n) is 5.81. The SMILES string of the molecule is COC(=O)[C@@H](N=Cc1ccc([N+](=O)[O-])cc1)C(C)C. The van der Waals surface area contributed by atoms with Gasteiger partial charge in [-0.1, -0.05) is 13.8 Å². The largest absolute Gasteiger partial charge is 0.467 e. The zero-order chi connectivity index (χ0) is 14.4. The first-order chi connectivity index (χ1) is 8.95. The lowest BCUT2D eigenvalue weighted by Crippen LogP contribution is -2.25. The van der Waals surface area contributed by atoms with Crippen LogP contribution < -0.4 is 0 Å². The molecule has 0 amide bonds. The van der Waals surface area contributed by atoms with Crippen LogP contribution in [0.15, 0.2) is 29.3 Å². The van der Waals surface area contributed by atoms with Crippen LogP contribution in [-0.4, -0.2) is 30.3 Å². The molecule has 0 aliphatic carbocycles. The summed E-state index contributed by atoms with van der Waals surface area (Å²) in [5, 5.41) is 10.5. The quantitative estimate of drug-likeness (QED) is 0.353. The van der Waals surface area contributed by atoms with Gasteiger partial charge in [0.2, 0.25) is 0 Å². The van der Waals surface area contributed by atoms with Gasteiger partial charge in [-0.15, -0.1) is 0 Å². The molecule has 0 unspecified atom stereocenters. The second-order valence-corrected chi connectivity index (χ2v) is 4.34. The van der Waals surface area contributed by atoms with Crippen molar-refractivity contribution in [1.82, 2.24) is 0 Å². The van der Waals surface area contributed by atoms with Gasteiger partial charge in [-0.2, -0.15) is 0 Å². The van der Waals surface area contributed by atoms with E-state index in [-0.39, 0.29) is 11.6 Å². The van der Waals surface area contributed by atoms with E-state index in [0.29, 0.717) is 5.56 Å². The molecule has 1 atom stereocenters. The minimum Gasteiger partial charge on any atom is -0.467 e. The number of rotatable bonds is 5. The number of benzene rings is 1. The highest BCUT2D eigenvalue weighted by atomic mass is 16.6. The third-order valence-electron chi connectivity index (χ3n) is 2.56. The second-order valence-electron chi connectivity index (χ2n) is 4.34. The number of carbonyl (C=O) groups excluding carboxylic acids is 1. The van der Waals surface area contributed by atoms with Crippen LogP contribution >= 0.6 is 0 Å². The molecule has 0 heterocycles. The van der Waals surface area contributed by atoms with Crippen LogP contribution in [0.4, 0.5) is 5.69 Å². The molecule has 0 N–H and O–H groups in total. The van der Waals surface area contributed by atoms with Gasteiger partial charge < -0.3 is 4.74 Å². The molecule has 1 aromatic rings. The molecule has 1 aromatic carbocycles. The van der Waals surface area contributed by atoms with Gasteiger partial charge in [0.1, 0.15) is 6.04 Å². The molecule has 0 aliphatic rings. The molecule has 0 bridgehead atoms. The van der Waals surface area contributed by atoms with E-state index in [1.807, 2.05) is 13.8 Å². The highest BCUT2D eigenvalue weighted by Crippen LogP contribution is 2.12. The van der Waals surface area contributed by atoms with Crippen LogP contribution in [0.25, 0.3) is 0 Å². The first-order valence-corrected chi connectivity index (χ1v) is 5.81. The molecule has 6 nitrogen and oxygen atoms in total. The number of methoxy groups -OCH3 is 1. The van der Waals surface area contributed by atoms with Crippen LogP contribution in [0.5, 0.6) is 0 Å². The van der Waals surface area contributed by atoms with Crippen molar-refractivity contribution in [3.8, 4) is 0 Å². The van der Waals surface area contributed by atoms with Gasteiger partial charge >= 0.3 is 5.97 Å². The van der Waals surface area contributed by atoms with E-state index in [4.69, 9.17) is 0 Å². The van der Waals surface area contributed by atoms with Crippen molar-refractivity contribution in [2.45, 2.75) is 19.9 Å². The van der Waals surface area contributed by atoms with Gasteiger partial charge in [-0.3, -0.25) is 15.1 Å². The fourth-order valence-corrected chi connectivity index (χ4v) is 1.47. The van der Waals surface area contributed by atoms with Gasteiger partial charge in [0.25, 0.3) is 5.69 Å². The van der Waals surface area contributed by atoms with Crippen LogP contribution in [0.3, 0.4) is 0 Å². The Balaban J connectivity index is 2.84. The molecular weight excluding hydrogens is 248 g/mol. The van der Waals surface area contributed by atoms with Crippen molar-refractivity contribution < 1.29 is 14.5 Å². The van der Waals surface area contributed by atoms with E-state index >= 15 is 0 Å². The van der Waals surface area contributed by atoms with Crippen molar-refractivity contribution in [1.29, 1.82) is 0 Å². The number of nitro groups is 1. The fraction of sp³-hybridized carbons (Fsp3) is 0.385. The highest BCUT2D eigenvalue weighted by Gasteiger charge is 2.21. The van der Waals surface area contributed by atoms with Crippen LogP contribution in [0, 0.1) is 16.0 Å². The summed E-state index contributed by atoms with van der Waals surface area (Å²) in [6.45, 7) is 3.74. The Morgan fingerprint density at radius 3 is 2.37 bits per heavy atom. The van der Waals surface area contributed by atoms with E-state index < -0.39 is 16.9 Å². The minimum absolute atomic E-state index is 0.0155. The zero-order valence-electron chi connectivity index (χ0n) is 11.1. The van der Waals surface area contributed by atoms with E-state index in [9.17, 15) is 14.9 Å². The molecular formula is C13H16N2O4. The number of hydrogen-bond acceptors (Lipinski definition) is 5. The van der Waals surface area contributed by atoms with Crippen LogP contribution in [-0.2, 0) is 9.53 Å². The highest BCUT2D eigenvalue weighted by molar-refractivity contribution is 5.84. The van der Waals surface area contributed by atoms with E-state index in [1.165, 1.54) is 25.5 Å². The van der Waals surface area contributed by atoms with Crippen LogP contribution in [0.1, 0.15) is 19.4 Å². The van der Waals surface area contributed by atoms with Crippen LogP contribution in [0.2, 0.25) is 0 Å². The summed E-state index contributed by atoms with van der Waals surface area (Å²) < 4.78 is 4.67. The standard InChI is InChI=1S/C13H16N2O4/c1-9(2)12(13(16)19-3)14-8-10-4-6-11(7-5-10)15(17)18/h4-9,12H,1-3H3/t12-/m0/s1. The Morgan fingerprint density at radius 2 is 1.95 bits per heavy atom. The third-order valence-corrected chi connectivity index (χ3v) is 2.56. The summed E-state index contributed by atoms with van der Waals surface area (Å²) in [6.07, 6.45) is 1.52. The predicted molar refractivity (Wildman–Crippen MR) is 71.3 cm³/mol. The van der Waals surface area contributed by atoms with Crippen molar-refractivity contribution >= 4 is 17.9 Å². The molecule has 19 heavy (non-hydrogen) atoms. The number of ether oxygens (including phenoxy) is 1. The number of hydrogen-bond donors (Lipinski definition) is 0. The molecule has 102 valence electrons. The van der Waals surface area contributed by atoms with Gasteiger partial charge in [-0.05, 0) is 23.6 Å². The molecule has 0 spiro atoms. The van der Waals surface area contributed by atoms with Gasteiger partial charge in [0, 0.05) is 18.3 Å². The Kier molecular flexibility index (Phi) is 5.17. The maximum Gasteiger partial charge on any atom is 0.330 e. The number of aliphatic imine (C=N–C) groups is 1. The minimum atomic E-state index is -0.569. The van der Waals surface area contributed by atoms with E-state index in [0.717, 1.165) is 0 Å². The maximum atomic E-state index is 11.5. The molecule has 0 saturated carbocycles. The molecule has 0 radical (unpaired) electrons. The molecule has 0 fully saturated rings. The maximum absolute atomic E-state index is 11.5. The van der Waals surface area contributed by atoms with Crippen molar-refractivity contribution in [3.63, 3.8) is 0 Å². The molecule has 0 aliphatic heterocycles. The number of nitrogens with zero attached hydrogens (tertiary/aromatic N) is 2. The molecule has 0 aromatic heterocycles. The lowest BCUT2D eigenvalue weighted by molar-refractivity contribution is -0.384. The Hall–Kier alpha value is -2.24. The van der Waals surface area contributed by atoms with Crippen molar-refractivity contribution in [2.24, 2.45) is 10.9 Å². The van der Waals surface area contributed by atoms with Gasteiger partial charge in [0.15, 0.2) is 0 Å². The summed E-state index contributed by atoms with van der Waals surface area (Å²) in [7, 11) is 1.32. The summed E-state index contributed by atoms with van der Waals surface area (Å²) >= 11 is 0. The second kappa shape index (κ2) is 6.63. The predicted octanol–water partition coefficient (Wildman–Crippen LogP) is 2.21. The fourth-order valence-electron chi connectivity index (χ4n) is 1.47. The zero-order valence-corrected chi connectivity index (χ0v) is 11.1. The van der Waals surface area contributed by atoms with Crippen molar-refractivity contribution in [2.75, 3.05) is 7.11 Å². The summed E-state index contributed by atoms with van der Waals surface area (Å²) in [5.41, 5.74) is 0.714. The summed E-state index contributed by atoms with van der Waals surface area (Å²) in [4.78, 5) is 25.7. The Labute approximate surface area is 111 Å². The number of carbonyl (C=O) groups is 1. The molecule has 1 rings (SSSR count). The lowest BCUT2D eigenvalue weighted by Gasteiger charge is -2.13. The Bertz CT molecular complexity index is 480. The molecule has 6 heteroatoms. The average Bonchev–Trinajstić information content (AvgIpc) is 2.38. The molecule has 0 saturated heterocycles. The summed E-state index contributed by atoms with van der Waals surface area (Å²) in [6, 6.07) is 5.38.